The van der Waals surface area contributed by atoms with Gasteiger partial charge in [0.2, 0.25) is 0 Å². The van der Waals surface area contributed by atoms with Gasteiger partial charge in [0.05, 0.1) is 35.6 Å². The van der Waals surface area contributed by atoms with Gasteiger partial charge in [-0.2, -0.15) is 8.75 Å². The van der Waals surface area contributed by atoms with Gasteiger partial charge in [-0.05, 0) is 29.3 Å². The van der Waals surface area contributed by atoms with Crippen LogP contribution >= 0.6 is 23.3 Å². The van der Waals surface area contributed by atoms with Crippen molar-refractivity contribution in [1.29, 1.82) is 0 Å². The van der Waals surface area contributed by atoms with E-state index in [2.05, 4.69) is 14.1 Å². The Morgan fingerprint density at radius 1 is 1.06 bits per heavy atom. The Kier molecular flexibility index (Phi) is 8.21. The number of amides is 1. The highest BCUT2D eigenvalue weighted by Crippen LogP contribution is 2.34. The number of nitrogens with zero attached hydrogens (tertiary/aromatic N) is 3. The van der Waals surface area contributed by atoms with Crippen LogP contribution in [0.1, 0.15) is 33.2 Å². The highest BCUT2D eigenvalue weighted by atomic mass is 35.5. The van der Waals surface area contributed by atoms with Crippen LogP contribution in [0, 0.1) is 0 Å². The van der Waals surface area contributed by atoms with Crippen molar-refractivity contribution in [1.82, 2.24) is 14.1 Å². The van der Waals surface area contributed by atoms with Crippen LogP contribution in [0.15, 0.2) is 78.9 Å². The number of benzene rings is 3. The molecule has 0 aliphatic carbocycles. The zero-order valence-corrected chi connectivity index (χ0v) is 20.6. The van der Waals surface area contributed by atoms with E-state index < -0.39 is 23.2 Å². The van der Waals surface area contributed by atoms with Gasteiger partial charge in [0.25, 0.3) is 17.2 Å². The third kappa shape index (κ3) is 5.92. The Morgan fingerprint density at radius 2 is 1.74 bits per heavy atom. The first-order chi connectivity index (χ1) is 17.0. The Morgan fingerprint density at radius 3 is 2.40 bits per heavy atom. The molecule has 0 radical (unpaired) electrons. The lowest BCUT2D eigenvalue weighted by Crippen LogP contribution is -2.32. The van der Waals surface area contributed by atoms with E-state index in [9.17, 15) is 18.7 Å². The maximum absolute atomic E-state index is 13.3. The molecule has 4 rings (SSSR count). The molecule has 1 aromatic heterocycles. The van der Waals surface area contributed by atoms with Crippen molar-refractivity contribution in [2.24, 2.45) is 0 Å². The molecule has 0 saturated carbocycles. The van der Waals surface area contributed by atoms with E-state index in [1.54, 1.807) is 24.3 Å². The van der Waals surface area contributed by atoms with Crippen LogP contribution in [-0.4, -0.2) is 35.1 Å². The molecular formula is C24H21ClN4O4S2. The van der Waals surface area contributed by atoms with Crippen LogP contribution in [0.2, 0.25) is 5.02 Å². The average molecular weight is 529 g/mol. The van der Waals surface area contributed by atoms with Crippen molar-refractivity contribution in [2.45, 2.75) is 12.5 Å². The largest absolute Gasteiger partial charge is 0.394 e. The number of aliphatic hydroxyl groups is 1. The third-order valence-electron chi connectivity index (χ3n) is 5.21. The predicted molar refractivity (Wildman–Crippen MR) is 137 cm³/mol. The van der Waals surface area contributed by atoms with E-state index in [-0.39, 0.29) is 28.7 Å². The molecule has 0 spiro atoms. The minimum Gasteiger partial charge on any atom is -0.394 e. The van der Waals surface area contributed by atoms with Crippen molar-refractivity contribution >= 4 is 52.0 Å². The first-order valence-electron chi connectivity index (χ1n) is 10.5. The summed E-state index contributed by atoms with van der Waals surface area (Å²) in [5.41, 5.74) is 2.32. The van der Waals surface area contributed by atoms with E-state index in [1.807, 2.05) is 36.4 Å². The molecule has 1 heterocycles. The van der Waals surface area contributed by atoms with Crippen molar-refractivity contribution in [3.63, 3.8) is 0 Å². The van der Waals surface area contributed by atoms with E-state index in [1.165, 1.54) is 18.2 Å². The zero-order valence-electron chi connectivity index (χ0n) is 18.2. The van der Waals surface area contributed by atoms with Gasteiger partial charge in [0, 0.05) is 11.4 Å². The van der Waals surface area contributed by atoms with Gasteiger partial charge in [-0.15, -0.1) is 0 Å². The molecule has 0 bridgehead atoms. The van der Waals surface area contributed by atoms with Gasteiger partial charge in [-0.3, -0.25) is 9.35 Å². The van der Waals surface area contributed by atoms with Crippen molar-refractivity contribution in [2.75, 3.05) is 10.9 Å². The van der Waals surface area contributed by atoms with E-state index in [0.29, 0.717) is 12.1 Å². The Hall–Kier alpha value is -3.15. The summed E-state index contributed by atoms with van der Waals surface area (Å²) in [6.07, 6.45) is 0.378. The molecule has 8 nitrogen and oxygen atoms in total. The lowest BCUT2D eigenvalue weighted by molar-refractivity contribution is 0.0917. The number of carbonyl (C=O) groups excluding carboxylic acids is 1. The molecule has 0 saturated heterocycles. The van der Waals surface area contributed by atoms with Crippen LogP contribution in [0.3, 0.4) is 0 Å². The summed E-state index contributed by atoms with van der Waals surface area (Å²) >= 11 is 4.53. The first-order valence-corrected chi connectivity index (χ1v) is 12.7. The smallest absolute Gasteiger partial charge is 0.268 e. The third-order valence-corrected chi connectivity index (χ3v) is 6.69. The monoisotopic (exact) mass is 528 g/mol. The SMILES string of the molecule is O=C(NC(CO)c1ccccc1)c1ccc(Cl)cc1N(c1nsnc1Cc1ccccc1)S(=O)O. The molecule has 11 heteroatoms. The van der Waals surface area contributed by atoms with Gasteiger partial charge in [0.1, 0.15) is 5.69 Å². The number of anilines is 2. The number of aromatic nitrogens is 2. The van der Waals surface area contributed by atoms with Crippen LogP contribution in [0.5, 0.6) is 0 Å². The number of nitrogens with one attached hydrogen (secondary N) is 1. The molecule has 4 aromatic rings. The van der Waals surface area contributed by atoms with Gasteiger partial charge in [-0.1, -0.05) is 72.3 Å². The first kappa shape index (κ1) is 25.0. The fourth-order valence-corrected chi connectivity index (χ4v) is 4.93. The van der Waals surface area contributed by atoms with Crippen LogP contribution < -0.4 is 9.62 Å². The van der Waals surface area contributed by atoms with Crippen LogP contribution in [-0.2, 0) is 17.7 Å². The second-order valence-electron chi connectivity index (χ2n) is 7.50. The van der Waals surface area contributed by atoms with Crippen LogP contribution in [0.25, 0.3) is 0 Å². The lowest BCUT2D eigenvalue weighted by Gasteiger charge is -2.23. The summed E-state index contributed by atoms with van der Waals surface area (Å²) in [4.78, 5) is 13.3. The van der Waals surface area contributed by atoms with Gasteiger partial charge < -0.3 is 10.4 Å². The number of rotatable bonds is 9. The molecule has 180 valence electrons. The van der Waals surface area contributed by atoms with Gasteiger partial charge in [-0.25, -0.2) is 8.51 Å². The van der Waals surface area contributed by atoms with Crippen molar-refractivity contribution < 1.29 is 18.7 Å². The fraction of sp³-hybridized carbons (Fsp3) is 0.125. The molecule has 0 aliphatic rings. The fourth-order valence-electron chi connectivity index (χ4n) is 3.55. The Balaban J connectivity index is 1.71. The summed E-state index contributed by atoms with van der Waals surface area (Å²) in [5, 5.41) is 12.9. The second kappa shape index (κ2) is 11.5. The average Bonchev–Trinajstić information content (AvgIpc) is 3.31. The molecule has 35 heavy (non-hydrogen) atoms. The van der Waals surface area contributed by atoms with E-state index in [4.69, 9.17) is 11.6 Å². The molecule has 2 unspecified atom stereocenters. The highest BCUT2D eigenvalue weighted by molar-refractivity contribution is 7.81. The highest BCUT2D eigenvalue weighted by Gasteiger charge is 2.28. The summed E-state index contributed by atoms with van der Waals surface area (Å²) in [6.45, 7) is -0.328. The molecule has 0 aliphatic heterocycles. The lowest BCUT2D eigenvalue weighted by atomic mass is 10.1. The Bertz CT molecular complexity index is 1320. The second-order valence-corrected chi connectivity index (χ2v) is 9.29. The number of hydrogen-bond acceptors (Lipinski definition) is 6. The minimum atomic E-state index is -2.59. The summed E-state index contributed by atoms with van der Waals surface area (Å²) in [5.74, 6) is -0.402. The summed E-state index contributed by atoms with van der Waals surface area (Å²) < 4.78 is 32.4. The molecule has 3 N–H and O–H groups in total. The maximum Gasteiger partial charge on any atom is 0.268 e. The van der Waals surface area contributed by atoms with E-state index >= 15 is 0 Å². The predicted octanol–water partition coefficient (Wildman–Crippen LogP) is 4.52. The maximum atomic E-state index is 13.3. The topological polar surface area (TPSA) is 116 Å². The van der Waals surface area contributed by atoms with Gasteiger partial charge >= 0.3 is 0 Å². The summed E-state index contributed by atoms with van der Waals surface area (Å²) in [6, 6.07) is 22.2. The van der Waals surface area contributed by atoms with Crippen molar-refractivity contribution in [3.8, 4) is 0 Å². The van der Waals surface area contributed by atoms with Crippen molar-refractivity contribution in [3.05, 3.63) is 106 Å². The molecule has 3 aromatic carbocycles. The quantitative estimate of drug-likeness (QED) is 0.275. The molecule has 0 fully saturated rings. The normalized spacial score (nSPS) is 12.7. The molecular weight excluding hydrogens is 508 g/mol. The number of hydrogen-bond donors (Lipinski definition) is 3. The number of carbonyl (C=O) groups is 1. The number of halogens is 1. The minimum absolute atomic E-state index is 0.0857. The van der Waals surface area contributed by atoms with Gasteiger partial charge in [0.15, 0.2) is 5.82 Å². The standard InChI is InChI=1S/C24H21ClN4O4S2/c25-18-11-12-19(24(31)26-21(15-30)17-9-5-2-6-10-17)22(14-18)29(35(32)33)23-20(27-34-28-23)13-16-7-3-1-4-8-16/h1-12,14,21,30H,13,15H2,(H,26,31)(H,32,33). The summed E-state index contributed by atoms with van der Waals surface area (Å²) in [7, 11) is 0. The Labute approximate surface area is 214 Å². The zero-order chi connectivity index (χ0) is 24.8. The van der Waals surface area contributed by atoms with E-state index in [0.717, 1.165) is 27.2 Å². The number of aliphatic hydroxyl groups excluding tert-OH is 1. The molecule has 1 amide bonds. The van der Waals surface area contributed by atoms with Crippen LogP contribution in [0.4, 0.5) is 11.5 Å². The molecule has 2 atom stereocenters.